The molecule has 1 fully saturated rings. The molecule has 7 nitrogen and oxygen atoms in total. The van der Waals surface area contributed by atoms with Crippen molar-refractivity contribution in [1.82, 2.24) is 31.2 Å². The number of nitrogens with zero attached hydrogens (tertiary/aromatic N) is 3. The summed E-state index contributed by atoms with van der Waals surface area (Å²) in [5.41, 5.74) is 7.30. The molecule has 2 atom stereocenters. The number of hydrazine groups is 1. The molecule has 0 radical (unpaired) electrons. The number of aliphatic hydroxyl groups excluding tert-OH is 1. The Hall–Kier alpha value is -1.02. The molecular weight excluding hydrogens is 232 g/mol. The lowest BCUT2D eigenvalue weighted by atomic mass is 10.0. The van der Waals surface area contributed by atoms with Crippen LogP contribution in [0.25, 0.3) is 0 Å². The first-order valence-corrected chi connectivity index (χ1v) is 6.48. The summed E-state index contributed by atoms with van der Waals surface area (Å²) >= 11 is 0. The number of hydrogen-bond donors (Lipinski definition) is 4. The molecule has 4 N–H and O–H groups in total. The number of nitrogens with one attached hydrogen (secondary N) is 3. The average Bonchev–Trinajstić information content (AvgIpc) is 2.97. The van der Waals surface area contributed by atoms with Crippen molar-refractivity contribution in [1.29, 1.82) is 0 Å². The van der Waals surface area contributed by atoms with Crippen LogP contribution >= 0.6 is 0 Å². The lowest BCUT2D eigenvalue weighted by Gasteiger charge is -2.13. The monoisotopic (exact) mass is 254 g/mol. The number of rotatable bonds is 7. The van der Waals surface area contributed by atoms with E-state index in [2.05, 4.69) is 33.4 Å². The maximum atomic E-state index is 8.74. The van der Waals surface area contributed by atoms with Gasteiger partial charge in [0.2, 0.25) is 0 Å². The summed E-state index contributed by atoms with van der Waals surface area (Å²) in [4.78, 5) is 0. The van der Waals surface area contributed by atoms with Crippen molar-refractivity contribution in [2.75, 3.05) is 19.7 Å². The van der Waals surface area contributed by atoms with Gasteiger partial charge in [-0.3, -0.25) is 15.5 Å². The van der Waals surface area contributed by atoms with Crippen LogP contribution in [0.3, 0.4) is 0 Å². The van der Waals surface area contributed by atoms with E-state index in [0.717, 1.165) is 31.9 Å². The Morgan fingerprint density at radius 2 is 2.50 bits per heavy atom. The van der Waals surface area contributed by atoms with Gasteiger partial charge in [-0.2, -0.15) is 0 Å². The van der Waals surface area contributed by atoms with Gasteiger partial charge in [0.25, 0.3) is 0 Å². The van der Waals surface area contributed by atoms with Gasteiger partial charge in [0.1, 0.15) is 0 Å². The van der Waals surface area contributed by atoms with E-state index in [0.29, 0.717) is 18.4 Å². The van der Waals surface area contributed by atoms with Crippen LogP contribution in [0.15, 0.2) is 6.20 Å². The molecule has 0 saturated carbocycles. The molecule has 18 heavy (non-hydrogen) atoms. The Morgan fingerprint density at radius 3 is 3.22 bits per heavy atom. The maximum absolute atomic E-state index is 8.74. The van der Waals surface area contributed by atoms with Crippen LogP contribution in [0.4, 0.5) is 0 Å². The zero-order valence-corrected chi connectivity index (χ0v) is 10.8. The van der Waals surface area contributed by atoms with E-state index in [1.807, 2.05) is 6.20 Å². The largest absolute Gasteiger partial charge is 0.396 e. The molecular formula is C11H22N6O. The van der Waals surface area contributed by atoms with Gasteiger partial charge >= 0.3 is 0 Å². The van der Waals surface area contributed by atoms with Gasteiger partial charge in [-0.05, 0) is 13.3 Å². The number of aryl methyl sites for hydroxylation is 1. The van der Waals surface area contributed by atoms with Gasteiger partial charge in [-0.25, -0.2) is 0 Å². The smallest absolute Gasteiger partial charge is 0.0964 e. The lowest BCUT2D eigenvalue weighted by Crippen LogP contribution is -2.32. The minimum atomic E-state index is 0.188. The first-order valence-electron chi connectivity index (χ1n) is 6.48. The second-order valence-electron chi connectivity index (χ2n) is 4.76. The predicted octanol–water partition coefficient (Wildman–Crippen LogP) is -1.14. The summed E-state index contributed by atoms with van der Waals surface area (Å²) in [5.74, 6) is 0.606. The minimum absolute atomic E-state index is 0.188. The third kappa shape index (κ3) is 3.74. The molecule has 0 aliphatic carbocycles. The van der Waals surface area contributed by atoms with Crippen LogP contribution in [0.2, 0.25) is 0 Å². The first kappa shape index (κ1) is 13.4. The third-order valence-electron chi connectivity index (χ3n) is 3.25. The van der Waals surface area contributed by atoms with Crippen LogP contribution in [0.1, 0.15) is 19.0 Å². The molecule has 1 saturated heterocycles. The lowest BCUT2D eigenvalue weighted by molar-refractivity contribution is 0.276. The SMILES string of the molecule is CC1NNCC1CNCc1cn(CCCO)nn1. The number of aliphatic hydroxyl groups is 1. The predicted molar refractivity (Wildman–Crippen MR) is 67.5 cm³/mol. The Balaban J connectivity index is 1.68. The Labute approximate surface area is 107 Å². The fourth-order valence-corrected chi connectivity index (χ4v) is 2.04. The van der Waals surface area contributed by atoms with Crippen molar-refractivity contribution in [3.05, 3.63) is 11.9 Å². The second kappa shape index (κ2) is 6.79. The summed E-state index contributed by atoms with van der Waals surface area (Å²) in [6.07, 6.45) is 2.64. The standard InChI is InChI=1S/C11H22N6O/c1-9-10(6-13-14-9)5-12-7-11-8-17(16-15-11)3-2-4-18/h8-10,12-14,18H,2-7H2,1H3. The van der Waals surface area contributed by atoms with E-state index >= 15 is 0 Å². The van der Waals surface area contributed by atoms with E-state index in [-0.39, 0.29) is 6.61 Å². The van der Waals surface area contributed by atoms with E-state index in [9.17, 15) is 0 Å². The fraction of sp³-hybridized carbons (Fsp3) is 0.818. The zero-order valence-electron chi connectivity index (χ0n) is 10.8. The third-order valence-corrected chi connectivity index (χ3v) is 3.25. The summed E-state index contributed by atoms with van der Waals surface area (Å²) in [6, 6.07) is 0.498. The molecule has 1 aliphatic rings. The topological polar surface area (TPSA) is 87.0 Å². The molecule has 102 valence electrons. The highest BCUT2D eigenvalue weighted by Crippen LogP contribution is 2.05. The summed E-state index contributed by atoms with van der Waals surface area (Å²) < 4.78 is 1.77. The van der Waals surface area contributed by atoms with Crippen LogP contribution in [-0.2, 0) is 13.1 Å². The van der Waals surface area contributed by atoms with Gasteiger partial charge in [0.05, 0.1) is 5.69 Å². The minimum Gasteiger partial charge on any atom is -0.396 e. The molecule has 2 unspecified atom stereocenters. The molecule has 0 amide bonds. The highest BCUT2D eigenvalue weighted by molar-refractivity contribution is 4.92. The van der Waals surface area contributed by atoms with Crippen molar-refractivity contribution in [3.63, 3.8) is 0 Å². The molecule has 2 rings (SSSR count). The number of hydrogen-bond acceptors (Lipinski definition) is 6. The van der Waals surface area contributed by atoms with E-state index in [1.165, 1.54) is 0 Å². The van der Waals surface area contributed by atoms with E-state index in [1.54, 1.807) is 4.68 Å². The van der Waals surface area contributed by atoms with Crippen LogP contribution in [0, 0.1) is 5.92 Å². The Bertz CT molecular complexity index is 355. The van der Waals surface area contributed by atoms with Gasteiger partial charge in [0.15, 0.2) is 0 Å². The van der Waals surface area contributed by atoms with Crippen LogP contribution < -0.4 is 16.2 Å². The van der Waals surface area contributed by atoms with Gasteiger partial charge in [-0.15, -0.1) is 5.10 Å². The average molecular weight is 254 g/mol. The summed E-state index contributed by atoms with van der Waals surface area (Å²) in [7, 11) is 0. The first-order chi connectivity index (χ1) is 8.79. The normalized spacial score (nSPS) is 23.7. The molecule has 1 aliphatic heterocycles. The second-order valence-corrected chi connectivity index (χ2v) is 4.76. The van der Waals surface area contributed by atoms with Crippen molar-refractivity contribution < 1.29 is 5.11 Å². The number of aromatic nitrogens is 3. The van der Waals surface area contributed by atoms with Gasteiger partial charge < -0.3 is 10.4 Å². The molecule has 1 aromatic heterocycles. The van der Waals surface area contributed by atoms with Crippen molar-refractivity contribution >= 4 is 0 Å². The Kier molecular flexibility index (Phi) is 5.06. The molecule has 0 spiro atoms. The van der Waals surface area contributed by atoms with Gasteiger partial charge in [-0.1, -0.05) is 5.21 Å². The highest BCUT2D eigenvalue weighted by Gasteiger charge is 2.21. The van der Waals surface area contributed by atoms with E-state index < -0.39 is 0 Å². The quantitative estimate of drug-likeness (QED) is 0.492. The van der Waals surface area contributed by atoms with Gasteiger partial charge in [0, 0.05) is 50.9 Å². The summed E-state index contributed by atoms with van der Waals surface area (Å²) in [5, 5.41) is 20.2. The maximum Gasteiger partial charge on any atom is 0.0964 e. The van der Waals surface area contributed by atoms with Crippen LogP contribution in [0.5, 0.6) is 0 Å². The van der Waals surface area contributed by atoms with Crippen molar-refractivity contribution in [2.24, 2.45) is 5.92 Å². The fourth-order valence-electron chi connectivity index (χ4n) is 2.04. The molecule has 0 aromatic carbocycles. The van der Waals surface area contributed by atoms with Crippen molar-refractivity contribution in [2.45, 2.75) is 32.5 Å². The molecule has 0 bridgehead atoms. The molecule has 7 heteroatoms. The Morgan fingerprint density at radius 1 is 1.61 bits per heavy atom. The zero-order chi connectivity index (χ0) is 12.8. The van der Waals surface area contributed by atoms with Crippen molar-refractivity contribution in [3.8, 4) is 0 Å². The summed E-state index contributed by atoms with van der Waals surface area (Å²) in [6.45, 7) is 5.78. The molecule has 2 heterocycles. The highest BCUT2D eigenvalue weighted by atomic mass is 16.3. The van der Waals surface area contributed by atoms with Crippen LogP contribution in [-0.4, -0.2) is 45.8 Å². The molecule has 1 aromatic rings. The van der Waals surface area contributed by atoms with E-state index in [4.69, 9.17) is 5.11 Å².